The van der Waals surface area contributed by atoms with Crippen molar-refractivity contribution in [1.82, 2.24) is 0 Å². The fourth-order valence-electron chi connectivity index (χ4n) is 5.55. The number of esters is 3. The van der Waals surface area contributed by atoms with Crippen LogP contribution in [0.25, 0.3) is 0 Å². The second-order valence-corrected chi connectivity index (χ2v) is 13.5. The quantitative estimate of drug-likeness (QED) is 0.0284. The second kappa shape index (κ2) is 37.7. The number of allylic oxidation sites excluding steroid dienone is 4. The van der Waals surface area contributed by atoms with Crippen molar-refractivity contribution in [2.24, 2.45) is 0 Å². The molecule has 48 heavy (non-hydrogen) atoms. The third-order valence-electron chi connectivity index (χ3n) is 8.66. The molecule has 0 aliphatic rings. The van der Waals surface area contributed by atoms with Crippen LogP contribution in [0.4, 0.5) is 0 Å². The molecule has 0 rings (SSSR count). The van der Waals surface area contributed by atoms with Crippen molar-refractivity contribution in [3.8, 4) is 0 Å². The van der Waals surface area contributed by atoms with Gasteiger partial charge in [0.25, 0.3) is 0 Å². The summed E-state index contributed by atoms with van der Waals surface area (Å²) in [6.45, 7) is 6.47. The Labute approximate surface area is 296 Å². The molecule has 0 aliphatic carbocycles. The smallest absolute Gasteiger partial charge is 0.306 e. The molecule has 0 amide bonds. The highest BCUT2D eigenvalue weighted by Crippen LogP contribution is 2.13. The molecule has 0 aliphatic heterocycles. The Kier molecular flexibility index (Phi) is 36.0. The van der Waals surface area contributed by atoms with E-state index < -0.39 is 6.10 Å². The first-order valence-corrected chi connectivity index (χ1v) is 20.3. The van der Waals surface area contributed by atoms with Crippen molar-refractivity contribution < 1.29 is 28.6 Å². The van der Waals surface area contributed by atoms with E-state index in [1.54, 1.807) is 0 Å². The van der Waals surface area contributed by atoms with E-state index in [2.05, 4.69) is 45.1 Å². The lowest BCUT2D eigenvalue weighted by molar-refractivity contribution is -0.167. The largest absolute Gasteiger partial charge is 0.462 e. The van der Waals surface area contributed by atoms with E-state index in [0.717, 1.165) is 83.5 Å². The molecule has 6 nitrogen and oxygen atoms in total. The highest BCUT2D eigenvalue weighted by atomic mass is 16.6. The number of carbonyl (C=O) groups is 3. The summed E-state index contributed by atoms with van der Waals surface area (Å²) in [7, 11) is 0. The number of unbranched alkanes of at least 4 members (excludes halogenated alkanes) is 21. The third-order valence-corrected chi connectivity index (χ3v) is 8.66. The first-order chi connectivity index (χ1) is 23.5. The Bertz CT molecular complexity index is 789. The average Bonchev–Trinajstić information content (AvgIpc) is 3.08. The number of rotatable bonds is 36. The lowest BCUT2D eigenvalue weighted by Gasteiger charge is -2.18. The first kappa shape index (κ1) is 45.9. The van der Waals surface area contributed by atoms with Gasteiger partial charge in [-0.05, 0) is 64.2 Å². The minimum Gasteiger partial charge on any atom is -0.462 e. The van der Waals surface area contributed by atoms with Crippen LogP contribution >= 0.6 is 0 Å². The summed E-state index contributed by atoms with van der Waals surface area (Å²) < 4.78 is 16.5. The molecule has 1 atom stereocenters. The maximum Gasteiger partial charge on any atom is 0.306 e. The monoisotopic (exact) mass is 677 g/mol. The van der Waals surface area contributed by atoms with Gasteiger partial charge in [-0.1, -0.05) is 148 Å². The summed E-state index contributed by atoms with van der Waals surface area (Å²) in [4.78, 5) is 37.3. The lowest BCUT2D eigenvalue weighted by atomic mass is 10.1. The molecule has 0 radical (unpaired) electrons. The van der Waals surface area contributed by atoms with Gasteiger partial charge in [-0.15, -0.1) is 0 Å². The van der Waals surface area contributed by atoms with Crippen LogP contribution in [0, 0.1) is 0 Å². The molecule has 0 bridgehead atoms. The van der Waals surface area contributed by atoms with E-state index in [-0.39, 0.29) is 31.1 Å². The molecule has 6 heteroatoms. The Morgan fingerprint density at radius 1 is 0.396 bits per heavy atom. The van der Waals surface area contributed by atoms with Gasteiger partial charge in [0, 0.05) is 19.3 Å². The summed E-state index contributed by atoms with van der Waals surface area (Å²) in [6, 6.07) is 0. The molecular weight excluding hydrogens is 600 g/mol. The fraction of sp³-hybridized carbons (Fsp3) is 0.833. The van der Waals surface area contributed by atoms with Crippen molar-refractivity contribution in [2.75, 3.05) is 13.2 Å². The van der Waals surface area contributed by atoms with Crippen LogP contribution in [-0.4, -0.2) is 37.2 Å². The van der Waals surface area contributed by atoms with Crippen molar-refractivity contribution in [3.63, 3.8) is 0 Å². The van der Waals surface area contributed by atoms with E-state index in [4.69, 9.17) is 14.2 Å². The van der Waals surface area contributed by atoms with Gasteiger partial charge in [-0.2, -0.15) is 0 Å². The van der Waals surface area contributed by atoms with Crippen LogP contribution in [0.5, 0.6) is 0 Å². The summed E-state index contributed by atoms with van der Waals surface area (Å²) >= 11 is 0. The van der Waals surface area contributed by atoms with Crippen molar-refractivity contribution >= 4 is 17.9 Å². The minimum absolute atomic E-state index is 0.0768. The lowest BCUT2D eigenvalue weighted by Crippen LogP contribution is -2.30. The van der Waals surface area contributed by atoms with Crippen molar-refractivity contribution in [1.29, 1.82) is 0 Å². The van der Waals surface area contributed by atoms with Gasteiger partial charge in [0.1, 0.15) is 13.2 Å². The number of hydrogen-bond donors (Lipinski definition) is 0. The summed E-state index contributed by atoms with van der Waals surface area (Å²) in [5, 5.41) is 0. The van der Waals surface area contributed by atoms with E-state index in [0.29, 0.717) is 19.3 Å². The third kappa shape index (κ3) is 35.2. The molecule has 0 saturated carbocycles. The van der Waals surface area contributed by atoms with Gasteiger partial charge in [0.05, 0.1) is 0 Å². The molecule has 0 aromatic rings. The maximum atomic E-state index is 12.6. The van der Waals surface area contributed by atoms with E-state index in [1.165, 1.54) is 83.5 Å². The topological polar surface area (TPSA) is 78.9 Å². The molecule has 0 fully saturated rings. The van der Waals surface area contributed by atoms with Crippen LogP contribution in [-0.2, 0) is 28.6 Å². The Balaban J connectivity index is 4.30. The second-order valence-electron chi connectivity index (χ2n) is 13.5. The van der Waals surface area contributed by atoms with Crippen LogP contribution in [0.2, 0.25) is 0 Å². The van der Waals surface area contributed by atoms with Crippen LogP contribution in [0.1, 0.15) is 207 Å². The van der Waals surface area contributed by atoms with Crippen molar-refractivity contribution in [3.05, 3.63) is 24.3 Å². The zero-order valence-corrected chi connectivity index (χ0v) is 31.8. The molecule has 1 unspecified atom stereocenters. The molecule has 0 aromatic heterocycles. The molecule has 0 spiro atoms. The average molecular weight is 677 g/mol. The highest BCUT2D eigenvalue weighted by molar-refractivity contribution is 5.71. The van der Waals surface area contributed by atoms with Gasteiger partial charge in [-0.3, -0.25) is 14.4 Å². The van der Waals surface area contributed by atoms with Gasteiger partial charge < -0.3 is 14.2 Å². The van der Waals surface area contributed by atoms with Gasteiger partial charge >= 0.3 is 17.9 Å². The summed E-state index contributed by atoms with van der Waals surface area (Å²) in [6.07, 6.45) is 38.9. The normalized spacial score (nSPS) is 12.1. The first-order valence-electron chi connectivity index (χ1n) is 20.3. The molecule has 0 heterocycles. The molecule has 0 saturated heterocycles. The Morgan fingerprint density at radius 2 is 0.729 bits per heavy atom. The van der Waals surface area contributed by atoms with Crippen molar-refractivity contribution in [2.45, 2.75) is 213 Å². The highest BCUT2D eigenvalue weighted by Gasteiger charge is 2.19. The van der Waals surface area contributed by atoms with E-state index in [9.17, 15) is 14.4 Å². The predicted molar refractivity (Wildman–Crippen MR) is 201 cm³/mol. The van der Waals surface area contributed by atoms with Crippen LogP contribution < -0.4 is 0 Å². The standard InChI is InChI=1S/C42H76O6/c1-4-7-10-13-16-18-20-21-22-23-25-26-29-32-35-41(44)47-38-39(37-46-40(43)34-31-28-15-12-9-6-3)48-42(45)36-33-30-27-24-19-17-14-11-8-5-2/h11,14,20-21,39H,4-10,12-13,15-19,22-38H2,1-3H3/b14-11-,21-20-. The van der Waals surface area contributed by atoms with Gasteiger partial charge in [0.2, 0.25) is 0 Å². The number of hydrogen-bond acceptors (Lipinski definition) is 6. The van der Waals surface area contributed by atoms with E-state index in [1.807, 2.05) is 0 Å². The zero-order chi connectivity index (χ0) is 35.2. The van der Waals surface area contributed by atoms with E-state index >= 15 is 0 Å². The fourth-order valence-corrected chi connectivity index (χ4v) is 5.55. The summed E-state index contributed by atoms with van der Waals surface area (Å²) in [5.74, 6) is -0.909. The zero-order valence-electron chi connectivity index (χ0n) is 31.8. The predicted octanol–water partition coefficient (Wildman–Crippen LogP) is 12.5. The Hall–Kier alpha value is -2.11. The minimum atomic E-state index is -0.769. The molecule has 0 N–H and O–H groups in total. The number of ether oxygens (including phenoxy) is 3. The SMILES string of the molecule is CCC/C=C\CCCCCCCC(=O)OC(COC(=O)CCCCCCCC)COC(=O)CCCCCCC/C=C\CCCCCCC. The number of carbonyl (C=O) groups excluding carboxylic acids is 3. The van der Waals surface area contributed by atoms with Crippen LogP contribution in [0.15, 0.2) is 24.3 Å². The molecule has 280 valence electrons. The van der Waals surface area contributed by atoms with Gasteiger partial charge in [0.15, 0.2) is 6.10 Å². The summed E-state index contributed by atoms with van der Waals surface area (Å²) in [5.41, 5.74) is 0. The maximum absolute atomic E-state index is 12.6. The molecular formula is C42H76O6. The van der Waals surface area contributed by atoms with Gasteiger partial charge in [-0.25, -0.2) is 0 Å². The van der Waals surface area contributed by atoms with Crippen LogP contribution in [0.3, 0.4) is 0 Å². The molecule has 0 aromatic carbocycles. The Morgan fingerprint density at radius 3 is 1.12 bits per heavy atom.